The molecule has 0 bridgehead atoms. The van der Waals surface area contributed by atoms with Crippen molar-refractivity contribution in [3.8, 4) is 5.75 Å². The number of hydrogen-bond acceptors (Lipinski definition) is 4. The van der Waals surface area contributed by atoms with Crippen molar-refractivity contribution in [2.45, 2.75) is 6.42 Å². The van der Waals surface area contributed by atoms with Crippen LogP contribution in [0.4, 0.5) is 5.69 Å². The largest absolute Gasteiger partial charge is 0.482 e. The standard InChI is InChI=1S/C14H16N2O4/c17-13-8-20-12-5-10(1-2-11(12)16-13)14(18)15-6-9-3-4-19-7-9/h1-2,5,9H,3-4,6-8H2,(H,15,18)(H,16,17). The number of ether oxygens (including phenoxy) is 2. The van der Waals surface area contributed by atoms with Gasteiger partial charge in [0.2, 0.25) is 0 Å². The number of carbonyl (C=O) groups is 2. The van der Waals surface area contributed by atoms with Gasteiger partial charge in [0.05, 0.1) is 12.3 Å². The molecule has 2 heterocycles. The Balaban J connectivity index is 1.64. The Labute approximate surface area is 116 Å². The second-order valence-corrected chi connectivity index (χ2v) is 4.99. The van der Waals surface area contributed by atoms with Crippen LogP contribution in [0.1, 0.15) is 16.8 Å². The summed E-state index contributed by atoms with van der Waals surface area (Å²) in [5.41, 5.74) is 1.13. The van der Waals surface area contributed by atoms with E-state index in [-0.39, 0.29) is 18.4 Å². The SMILES string of the molecule is O=C1COc2cc(C(=O)NCC3CCOC3)ccc2N1. The first-order chi connectivity index (χ1) is 9.72. The van der Waals surface area contributed by atoms with Crippen molar-refractivity contribution in [2.24, 2.45) is 5.92 Å². The van der Waals surface area contributed by atoms with Crippen LogP contribution in [0.2, 0.25) is 0 Å². The summed E-state index contributed by atoms with van der Waals surface area (Å²) in [6.45, 7) is 2.08. The molecule has 2 amide bonds. The third kappa shape index (κ3) is 2.75. The number of rotatable bonds is 3. The summed E-state index contributed by atoms with van der Waals surface area (Å²) in [7, 11) is 0. The van der Waals surface area contributed by atoms with Gasteiger partial charge in [0.1, 0.15) is 5.75 Å². The lowest BCUT2D eigenvalue weighted by Crippen LogP contribution is -2.30. The van der Waals surface area contributed by atoms with E-state index in [2.05, 4.69) is 10.6 Å². The number of nitrogens with one attached hydrogen (secondary N) is 2. The number of benzene rings is 1. The molecule has 2 aliphatic rings. The maximum atomic E-state index is 12.1. The molecule has 1 aromatic carbocycles. The highest BCUT2D eigenvalue weighted by Gasteiger charge is 2.19. The molecule has 6 nitrogen and oxygen atoms in total. The van der Waals surface area contributed by atoms with Crippen LogP contribution < -0.4 is 15.4 Å². The molecule has 0 radical (unpaired) electrons. The fourth-order valence-electron chi connectivity index (χ4n) is 2.30. The highest BCUT2D eigenvalue weighted by Crippen LogP contribution is 2.28. The Morgan fingerprint density at radius 2 is 2.35 bits per heavy atom. The molecule has 3 rings (SSSR count). The van der Waals surface area contributed by atoms with Gasteiger partial charge >= 0.3 is 0 Å². The van der Waals surface area contributed by atoms with Gasteiger partial charge in [-0.1, -0.05) is 0 Å². The van der Waals surface area contributed by atoms with Gasteiger partial charge in [-0.15, -0.1) is 0 Å². The van der Waals surface area contributed by atoms with Gasteiger partial charge < -0.3 is 20.1 Å². The van der Waals surface area contributed by atoms with Crippen molar-refractivity contribution in [3.63, 3.8) is 0 Å². The van der Waals surface area contributed by atoms with Crippen LogP contribution in [0.25, 0.3) is 0 Å². The van der Waals surface area contributed by atoms with E-state index in [1.54, 1.807) is 18.2 Å². The van der Waals surface area contributed by atoms with Gasteiger partial charge in [-0.3, -0.25) is 9.59 Å². The Morgan fingerprint density at radius 3 is 3.15 bits per heavy atom. The van der Waals surface area contributed by atoms with Crippen LogP contribution in [-0.2, 0) is 9.53 Å². The molecule has 1 unspecified atom stereocenters. The molecule has 1 atom stereocenters. The van der Waals surface area contributed by atoms with Crippen LogP contribution in [0, 0.1) is 5.92 Å². The lowest BCUT2D eigenvalue weighted by Gasteiger charge is -2.18. The summed E-state index contributed by atoms with van der Waals surface area (Å²) in [6, 6.07) is 5.00. The molecule has 0 spiro atoms. The topological polar surface area (TPSA) is 76.7 Å². The van der Waals surface area contributed by atoms with Gasteiger partial charge in [-0.2, -0.15) is 0 Å². The highest BCUT2D eigenvalue weighted by molar-refractivity contribution is 5.98. The van der Waals surface area contributed by atoms with E-state index in [1.165, 1.54) is 0 Å². The fraction of sp³-hybridized carbons (Fsp3) is 0.429. The third-order valence-corrected chi connectivity index (χ3v) is 3.45. The number of anilines is 1. The minimum absolute atomic E-state index is 0.0164. The molecule has 0 aromatic heterocycles. The fourth-order valence-corrected chi connectivity index (χ4v) is 2.30. The normalized spacial score (nSPS) is 20.8. The van der Waals surface area contributed by atoms with Crippen molar-refractivity contribution in [1.82, 2.24) is 5.32 Å². The summed E-state index contributed by atoms with van der Waals surface area (Å²) in [5, 5.41) is 5.59. The van der Waals surface area contributed by atoms with E-state index >= 15 is 0 Å². The molecule has 1 aromatic rings. The first kappa shape index (κ1) is 12.9. The average Bonchev–Trinajstić information content (AvgIpc) is 2.97. The minimum Gasteiger partial charge on any atom is -0.482 e. The Morgan fingerprint density at radius 1 is 1.45 bits per heavy atom. The molecule has 2 N–H and O–H groups in total. The van der Waals surface area contributed by atoms with E-state index in [1.807, 2.05) is 0 Å². The van der Waals surface area contributed by atoms with E-state index in [0.717, 1.165) is 13.0 Å². The molecule has 1 fully saturated rings. The molecule has 2 aliphatic heterocycles. The van der Waals surface area contributed by atoms with Gasteiger partial charge in [0.15, 0.2) is 6.61 Å². The summed E-state index contributed by atoms with van der Waals surface area (Å²) >= 11 is 0. The second kappa shape index (κ2) is 5.50. The summed E-state index contributed by atoms with van der Waals surface area (Å²) in [5.74, 6) is 0.602. The maximum Gasteiger partial charge on any atom is 0.262 e. The van der Waals surface area contributed by atoms with Crippen LogP contribution in [0.3, 0.4) is 0 Å². The van der Waals surface area contributed by atoms with Crippen molar-refractivity contribution in [1.29, 1.82) is 0 Å². The van der Waals surface area contributed by atoms with Crippen LogP contribution in [0.15, 0.2) is 18.2 Å². The van der Waals surface area contributed by atoms with E-state index in [0.29, 0.717) is 36.1 Å². The van der Waals surface area contributed by atoms with Crippen molar-refractivity contribution >= 4 is 17.5 Å². The van der Waals surface area contributed by atoms with Gasteiger partial charge in [-0.25, -0.2) is 0 Å². The monoisotopic (exact) mass is 276 g/mol. The predicted octanol–water partition coefficient (Wildman–Crippen LogP) is 0.784. The zero-order chi connectivity index (χ0) is 13.9. The van der Waals surface area contributed by atoms with Crippen molar-refractivity contribution < 1.29 is 19.1 Å². The highest BCUT2D eigenvalue weighted by atomic mass is 16.5. The number of fused-ring (bicyclic) bond motifs is 1. The van der Waals surface area contributed by atoms with Crippen molar-refractivity contribution in [2.75, 3.05) is 31.7 Å². The van der Waals surface area contributed by atoms with Gasteiger partial charge in [0, 0.05) is 24.6 Å². The number of hydrogen-bond donors (Lipinski definition) is 2. The lowest BCUT2D eigenvalue weighted by molar-refractivity contribution is -0.118. The second-order valence-electron chi connectivity index (χ2n) is 4.99. The van der Waals surface area contributed by atoms with Gasteiger partial charge in [0.25, 0.3) is 11.8 Å². The van der Waals surface area contributed by atoms with E-state index in [4.69, 9.17) is 9.47 Å². The number of carbonyl (C=O) groups excluding carboxylic acids is 2. The summed E-state index contributed by atoms with van der Waals surface area (Å²) in [6.07, 6.45) is 0.986. The zero-order valence-electron chi connectivity index (χ0n) is 11.0. The first-order valence-corrected chi connectivity index (χ1v) is 6.65. The van der Waals surface area contributed by atoms with Crippen molar-refractivity contribution in [3.05, 3.63) is 23.8 Å². The van der Waals surface area contributed by atoms with Crippen LogP contribution in [0.5, 0.6) is 5.75 Å². The predicted molar refractivity (Wildman–Crippen MR) is 71.8 cm³/mol. The molecule has 0 aliphatic carbocycles. The minimum atomic E-state index is -0.184. The zero-order valence-corrected chi connectivity index (χ0v) is 11.0. The summed E-state index contributed by atoms with van der Waals surface area (Å²) in [4.78, 5) is 23.2. The maximum absolute atomic E-state index is 12.1. The Kier molecular flexibility index (Phi) is 3.56. The van der Waals surface area contributed by atoms with E-state index < -0.39 is 0 Å². The number of amides is 2. The molecule has 0 saturated carbocycles. The molecule has 20 heavy (non-hydrogen) atoms. The first-order valence-electron chi connectivity index (χ1n) is 6.65. The van der Waals surface area contributed by atoms with Crippen LogP contribution >= 0.6 is 0 Å². The lowest BCUT2D eigenvalue weighted by atomic mass is 10.1. The quantitative estimate of drug-likeness (QED) is 0.855. The molecule has 6 heteroatoms. The van der Waals surface area contributed by atoms with E-state index in [9.17, 15) is 9.59 Å². The molecule has 1 saturated heterocycles. The molecular formula is C14H16N2O4. The van der Waals surface area contributed by atoms with Crippen LogP contribution in [-0.4, -0.2) is 38.2 Å². The molecular weight excluding hydrogens is 260 g/mol. The van der Waals surface area contributed by atoms with Gasteiger partial charge in [-0.05, 0) is 24.6 Å². The Bertz CT molecular complexity index is 538. The summed E-state index contributed by atoms with van der Waals surface area (Å²) < 4.78 is 10.6. The molecule has 106 valence electrons. The Hall–Kier alpha value is -2.08. The third-order valence-electron chi connectivity index (χ3n) is 3.45. The average molecular weight is 276 g/mol. The smallest absolute Gasteiger partial charge is 0.262 e.